The summed E-state index contributed by atoms with van der Waals surface area (Å²) in [5, 5.41) is 0. The Bertz CT molecular complexity index is 567. The van der Waals surface area contributed by atoms with E-state index in [1.165, 1.54) is 6.42 Å². The van der Waals surface area contributed by atoms with Crippen LogP contribution in [-0.2, 0) is 14.3 Å². The summed E-state index contributed by atoms with van der Waals surface area (Å²) in [7, 11) is 0. The number of hydrogen-bond donors (Lipinski definition) is 0. The molecule has 1 saturated carbocycles. The molecule has 24 heavy (non-hydrogen) atoms. The molecule has 2 rings (SSSR count). The average molecular weight is 397 g/mol. The van der Waals surface area contributed by atoms with E-state index in [0.29, 0.717) is 23.3 Å². The maximum atomic E-state index is 12.1. The maximum absolute atomic E-state index is 12.1. The van der Waals surface area contributed by atoms with Gasteiger partial charge in [0.15, 0.2) is 6.61 Å². The topological polar surface area (TPSA) is 52.6 Å². The largest absolute Gasteiger partial charge is 0.460 e. The third kappa shape index (κ3) is 5.33. The molecule has 0 bridgehead atoms. The molecule has 4 nitrogen and oxygen atoms in total. The van der Waals surface area contributed by atoms with Crippen LogP contribution in [0.2, 0.25) is 0 Å². The average Bonchev–Trinajstić information content (AvgIpc) is 2.53. The summed E-state index contributed by atoms with van der Waals surface area (Å²) in [6.45, 7) is 6.17. The van der Waals surface area contributed by atoms with E-state index in [4.69, 9.17) is 9.47 Å². The molecule has 3 atom stereocenters. The lowest BCUT2D eigenvalue weighted by atomic mass is 9.75. The van der Waals surface area contributed by atoms with Crippen LogP contribution in [0.15, 0.2) is 28.7 Å². The predicted molar refractivity (Wildman–Crippen MR) is 95.6 cm³/mol. The lowest BCUT2D eigenvalue weighted by molar-refractivity contribution is -0.159. The first-order chi connectivity index (χ1) is 11.4. The number of hydrogen-bond acceptors (Lipinski definition) is 4. The molecular weight excluding hydrogens is 372 g/mol. The molecule has 0 aromatic heterocycles. The number of carbonyl (C=O) groups is 2. The zero-order valence-electron chi connectivity index (χ0n) is 14.5. The van der Waals surface area contributed by atoms with Crippen molar-refractivity contribution in [2.45, 2.75) is 46.1 Å². The Labute approximate surface area is 152 Å². The van der Waals surface area contributed by atoms with E-state index in [1.54, 1.807) is 24.3 Å². The first-order valence-electron chi connectivity index (χ1n) is 8.49. The van der Waals surface area contributed by atoms with E-state index in [1.807, 2.05) is 0 Å². The minimum absolute atomic E-state index is 0.0763. The molecule has 1 aromatic carbocycles. The predicted octanol–water partition coefficient (Wildman–Crippen LogP) is 4.61. The fourth-order valence-corrected chi connectivity index (χ4v) is 3.51. The maximum Gasteiger partial charge on any atom is 0.344 e. The lowest BCUT2D eigenvalue weighted by Gasteiger charge is -2.36. The summed E-state index contributed by atoms with van der Waals surface area (Å²) >= 11 is 3.31. The van der Waals surface area contributed by atoms with Crippen LogP contribution in [0.3, 0.4) is 0 Å². The van der Waals surface area contributed by atoms with Crippen molar-refractivity contribution in [3.05, 3.63) is 34.3 Å². The summed E-state index contributed by atoms with van der Waals surface area (Å²) in [5.74, 6) is 0.429. The van der Waals surface area contributed by atoms with Crippen molar-refractivity contribution in [2.75, 3.05) is 6.61 Å². The van der Waals surface area contributed by atoms with Gasteiger partial charge in [0.05, 0.1) is 5.56 Å². The van der Waals surface area contributed by atoms with Crippen molar-refractivity contribution in [3.8, 4) is 0 Å². The van der Waals surface area contributed by atoms with Gasteiger partial charge in [-0.2, -0.15) is 0 Å². The lowest BCUT2D eigenvalue weighted by Crippen LogP contribution is -2.36. The molecule has 0 radical (unpaired) electrons. The van der Waals surface area contributed by atoms with Crippen LogP contribution in [0, 0.1) is 17.8 Å². The number of rotatable bonds is 5. The molecule has 132 valence electrons. The van der Waals surface area contributed by atoms with Crippen molar-refractivity contribution < 1.29 is 19.1 Å². The number of ether oxygens (including phenoxy) is 2. The van der Waals surface area contributed by atoms with Gasteiger partial charge in [0.2, 0.25) is 0 Å². The first kappa shape index (κ1) is 19.0. The van der Waals surface area contributed by atoms with Gasteiger partial charge in [0, 0.05) is 4.47 Å². The van der Waals surface area contributed by atoms with Gasteiger partial charge >= 0.3 is 11.9 Å². The Balaban J connectivity index is 1.85. The molecule has 0 spiro atoms. The standard InChI is InChI=1S/C19H25BrO4/c1-12(2)16-9-4-13(3)10-17(16)24-18(21)11-23-19(22)14-5-7-15(20)8-6-14/h5-8,12-13,16-17H,4,9-11H2,1-3H3. The van der Waals surface area contributed by atoms with Crippen molar-refractivity contribution in [3.63, 3.8) is 0 Å². The van der Waals surface area contributed by atoms with Gasteiger partial charge in [0.25, 0.3) is 0 Å². The molecule has 0 amide bonds. The number of esters is 2. The van der Waals surface area contributed by atoms with Crippen LogP contribution in [0.1, 0.15) is 50.4 Å². The minimum atomic E-state index is -0.517. The fraction of sp³-hybridized carbons (Fsp3) is 0.579. The second-order valence-corrected chi connectivity index (χ2v) is 7.85. The smallest absolute Gasteiger partial charge is 0.344 e. The Morgan fingerprint density at radius 2 is 1.88 bits per heavy atom. The highest BCUT2D eigenvalue weighted by molar-refractivity contribution is 9.10. The molecule has 0 aliphatic heterocycles. The van der Waals surface area contributed by atoms with E-state index < -0.39 is 11.9 Å². The molecule has 1 fully saturated rings. The third-order valence-electron chi connectivity index (χ3n) is 4.65. The summed E-state index contributed by atoms with van der Waals surface area (Å²) in [5.41, 5.74) is 0.414. The van der Waals surface area contributed by atoms with Gasteiger partial charge in [-0.1, -0.05) is 43.1 Å². The van der Waals surface area contributed by atoms with Gasteiger partial charge in [-0.15, -0.1) is 0 Å². The molecular formula is C19H25BrO4. The zero-order valence-corrected chi connectivity index (χ0v) is 16.0. The Morgan fingerprint density at radius 1 is 1.21 bits per heavy atom. The quantitative estimate of drug-likeness (QED) is 0.681. The summed E-state index contributed by atoms with van der Waals surface area (Å²) < 4.78 is 11.6. The van der Waals surface area contributed by atoms with Crippen molar-refractivity contribution >= 4 is 27.9 Å². The fourth-order valence-electron chi connectivity index (χ4n) is 3.25. The third-order valence-corrected chi connectivity index (χ3v) is 5.17. The van der Waals surface area contributed by atoms with Gasteiger partial charge in [0.1, 0.15) is 6.10 Å². The molecule has 1 aliphatic rings. The normalized spacial score (nSPS) is 23.8. The van der Waals surface area contributed by atoms with Gasteiger partial charge in [-0.3, -0.25) is 0 Å². The second-order valence-electron chi connectivity index (χ2n) is 6.94. The van der Waals surface area contributed by atoms with E-state index >= 15 is 0 Å². The molecule has 0 heterocycles. The van der Waals surface area contributed by atoms with Gasteiger partial charge < -0.3 is 9.47 Å². The van der Waals surface area contributed by atoms with Crippen molar-refractivity contribution in [1.82, 2.24) is 0 Å². The van der Waals surface area contributed by atoms with Crippen molar-refractivity contribution in [2.24, 2.45) is 17.8 Å². The molecule has 5 heteroatoms. The van der Waals surface area contributed by atoms with Gasteiger partial charge in [-0.25, -0.2) is 9.59 Å². The Kier molecular flexibility index (Phi) is 6.84. The highest BCUT2D eigenvalue weighted by Gasteiger charge is 2.33. The highest BCUT2D eigenvalue weighted by Crippen LogP contribution is 2.35. The summed E-state index contributed by atoms with van der Waals surface area (Å²) in [4.78, 5) is 24.0. The molecule has 1 aromatic rings. The highest BCUT2D eigenvalue weighted by atomic mass is 79.9. The number of halogens is 1. The molecule has 0 N–H and O–H groups in total. The Morgan fingerprint density at radius 3 is 2.50 bits per heavy atom. The SMILES string of the molecule is CC1CCC(C(C)C)C(OC(=O)COC(=O)c2ccc(Br)cc2)C1. The monoisotopic (exact) mass is 396 g/mol. The van der Waals surface area contributed by atoms with E-state index in [2.05, 4.69) is 36.7 Å². The molecule has 0 saturated heterocycles. The molecule has 1 aliphatic carbocycles. The zero-order chi connectivity index (χ0) is 17.7. The van der Waals surface area contributed by atoms with Crippen LogP contribution < -0.4 is 0 Å². The van der Waals surface area contributed by atoms with Crippen LogP contribution in [-0.4, -0.2) is 24.6 Å². The van der Waals surface area contributed by atoms with E-state index in [9.17, 15) is 9.59 Å². The van der Waals surface area contributed by atoms with E-state index in [-0.39, 0.29) is 12.7 Å². The van der Waals surface area contributed by atoms with Crippen LogP contribution in [0.4, 0.5) is 0 Å². The van der Waals surface area contributed by atoms with Crippen LogP contribution >= 0.6 is 15.9 Å². The molecule has 3 unspecified atom stereocenters. The summed E-state index contributed by atoms with van der Waals surface area (Å²) in [6.07, 6.45) is 3.06. The number of benzene rings is 1. The first-order valence-corrected chi connectivity index (χ1v) is 9.28. The van der Waals surface area contributed by atoms with E-state index in [0.717, 1.165) is 17.3 Å². The second kappa shape index (κ2) is 8.65. The van der Waals surface area contributed by atoms with Gasteiger partial charge in [-0.05, 0) is 54.9 Å². The summed E-state index contributed by atoms with van der Waals surface area (Å²) in [6, 6.07) is 6.81. The number of carbonyl (C=O) groups excluding carboxylic acids is 2. The van der Waals surface area contributed by atoms with Crippen molar-refractivity contribution in [1.29, 1.82) is 0 Å². The Hall–Kier alpha value is -1.36. The minimum Gasteiger partial charge on any atom is -0.460 e. The van der Waals surface area contributed by atoms with Crippen LogP contribution in [0.25, 0.3) is 0 Å². The van der Waals surface area contributed by atoms with Crippen LogP contribution in [0.5, 0.6) is 0 Å².